The molecule has 0 amide bonds. The first-order valence-electron chi connectivity index (χ1n) is 6.29. The number of nitrogens with one attached hydrogen (secondary N) is 1. The molecule has 18 heavy (non-hydrogen) atoms. The van der Waals surface area contributed by atoms with Gasteiger partial charge in [0.25, 0.3) is 0 Å². The molecule has 1 N–H and O–H groups in total. The Hall–Kier alpha value is -1.20. The lowest BCUT2D eigenvalue weighted by Crippen LogP contribution is -2.22. The molecule has 1 saturated carbocycles. The second-order valence-corrected chi connectivity index (χ2v) is 5.78. The minimum atomic E-state index is 0.357. The standard InChI is InChI=1S/C13H17N3OS/c1-8-7-18-13(16-8)12(10-3-4-10)15-6-11-14-5-9(2)17-11/h5,7,10,12,15H,3-4,6H2,1-2H3. The fourth-order valence-corrected chi connectivity index (χ4v) is 3.04. The van der Waals surface area contributed by atoms with Crippen molar-refractivity contribution in [3.05, 3.63) is 33.9 Å². The van der Waals surface area contributed by atoms with Crippen molar-refractivity contribution in [2.75, 3.05) is 0 Å². The number of aromatic nitrogens is 2. The Kier molecular flexibility index (Phi) is 3.18. The Morgan fingerprint density at radius 3 is 2.89 bits per heavy atom. The zero-order valence-electron chi connectivity index (χ0n) is 10.6. The minimum Gasteiger partial charge on any atom is -0.445 e. The van der Waals surface area contributed by atoms with Crippen molar-refractivity contribution >= 4 is 11.3 Å². The molecule has 1 fully saturated rings. The summed E-state index contributed by atoms with van der Waals surface area (Å²) in [6.07, 6.45) is 4.35. The van der Waals surface area contributed by atoms with Crippen molar-refractivity contribution in [2.45, 2.75) is 39.3 Å². The molecule has 1 unspecified atom stereocenters. The van der Waals surface area contributed by atoms with Crippen molar-refractivity contribution in [2.24, 2.45) is 5.92 Å². The van der Waals surface area contributed by atoms with E-state index in [1.165, 1.54) is 17.8 Å². The molecular weight excluding hydrogens is 246 g/mol. The van der Waals surface area contributed by atoms with Crippen LogP contribution in [-0.2, 0) is 6.54 Å². The van der Waals surface area contributed by atoms with E-state index in [0.29, 0.717) is 12.6 Å². The van der Waals surface area contributed by atoms with Gasteiger partial charge in [-0.15, -0.1) is 11.3 Å². The number of thiazole rings is 1. The van der Waals surface area contributed by atoms with E-state index in [2.05, 4.69) is 20.7 Å². The molecule has 0 bridgehead atoms. The van der Waals surface area contributed by atoms with Crippen LogP contribution in [0.1, 0.15) is 41.2 Å². The summed E-state index contributed by atoms with van der Waals surface area (Å²) in [7, 11) is 0. The quantitative estimate of drug-likeness (QED) is 0.901. The highest BCUT2D eigenvalue weighted by molar-refractivity contribution is 7.09. The van der Waals surface area contributed by atoms with E-state index in [0.717, 1.165) is 23.3 Å². The molecule has 2 heterocycles. The number of hydrogen-bond donors (Lipinski definition) is 1. The molecule has 96 valence electrons. The Labute approximate surface area is 110 Å². The molecule has 5 heteroatoms. The summed E-state index contributed by atoms with van der Waals surface area (Å²) < 4.78 is 5.48. The maximum absolute atomic E-state index is 5.48. The predicted octanol–water partition coefficient (Wildman–Crippen LogP) is 2.99. The number of oxazole rings is 1. The van der Waals surface area contributed by atoms with Crippen molar-refractivity contribution in [1.82, 2.24) is 15.3 Å². The molecule has 1 aliphatic carbocycles. The van der Waals surface area contributed by atoms with Crippen molar-refractivity contribution in [3.63, 3.8) is 0 Å². The van der Waals surface area contributed by atoms with Crippen molar-refractivity contribution in [1.29, 1.82) is 0 Å². The third-order valence-electron chi connectivity index (χ3n) is 3.14. The molecule has 1 atom stereocenters. The lowest BCUT2D eigenvalue weighted by Gasteiger charge is -2.14. The molecule has 0 aromatic carbocycles. The van der Waals surface area contributed by atoms with Crippen LogP contribution in [0.25, 0.3) is 0 Å². The van der Waals surface area contributed by atoms with Gasteiger partial charge in [0.05, 0.1) is 18.8 Å². The molecule has 4 nitrogen and oxygen atoms in total. The summed E-state index contributed by atoms with van der Waals surface area (Å²) in [4.78, 5) is 8.81. The first kappa shape index (κ1) is 11.9. The SMILES string of the molecule is Cc1csc(C(NCc2ncc(C)o2)C2CC2)n1. The summed E-state index contributed by atoms with van der Waals surface area (Å²) in [5.41, 5.74) is 1.11. The fourth-order valence-electron chi connectivity index (χ4n) is 2.08. The average Bonchev–Trinajstić information content (AvgIpc) is 2.96. The van der Waals surface area contributed by atoms with E-state index in [1.807, 2.05) is 13.8 Å². The maximum atomic E-state index is 5.48. The van der Waals surface area contributed by atoms with Crippen LogP contribution in [0.4, 0.5) is 0 Å². The highest BCUT2D eigenvalue weighted by Gasteiger charge is 2.33. The van der Waals surface area contributed by atoms with Crippen LogP contribution in [-0.4, -0.2) is 9.97 Å². The molecule has 3 rings (SSSR count). The lowest BCUT2D eigenvalue weighted by atomic mass is 10.2. The van der Waals surface area contributed by atoms with Crippen LogP contribution in [0.2, 0.25) is 0 Å². The van der Waals surface area contributed by atoms with Crippen LogP contribution >= 0.6 is 11.3 Å². The maximum Gasteiger partial charge on any atom is 0.208 e. The summed E-state index contributed by atoms with van der Waals surface area (Å²) in [6.45, 7) is 4.63. The Morgan fingerprint density at radius 2 is 2.33 bits per heavy atom. The zero-order chi connectivity index (χ0) is 12.5. The van der Waals surface area contributed by atoms with Gasteiger partial charge in [0.1, 0.15) is 10.8 Å². The van der Waals surface area contributed by atoms with Gasteiger partial charge in [-0.25, -0.2) is 9.97 Å². The van der Waals surface area contributed by atoms with Gasteiger partial charge in [0, 0.05) is 11.1 Å². The summed E-state index contributed by atoms with van der Waals surface area (Å²) >= 11 is 1.74. The van der Waals surface area contributed by atoms with Gasteiger partial charge in [-0.3, -0.25) is 5.32 Å². The monoisotopic (exact) mass is 263 g/mol. The molecular formula is C13H17N3OS. The van der Waals surface area contributed by atoms with E-state index in [1.54, 1.807) is 17.5 Å². The normalized spacial score (nSPS) is 17.0. The number of aryl methyl sites for hydroxylation is 2. The Morgan fingerprint density at radius 1 is 1.50 bits per heavy atom. The third-order valence-corrected chi connectivity index (χ3v) is 4.18. The van der Waals surface area contributed by atoms with Gasteiger partial charge in [-0.05, 0) is 32.6 Å². The molecule has 0 radical (unpaired) electrons. The third kappa shape index (κ3) is 2.62. The predicted molar refractivity (Wildman–Crippen MR) is 70.4 cm³/mol. The average molecular weight is 263 g/mol. The second kappa shape index (κ2) is 4.82. The number of nitrogens with zero attached hydrogens (tertiary/aromatic N) is 2. The van der Waals surface area contributed by atoms with Crippen LogP contribution < -0.4 is 5.32 Å². The first-order valence-corrected chi connectivity index (χ1v) is 7.17. The molecule has 2 aromatic heterocycles. The van der Waals surface area contributed by atoms with Gasteiger partial charge in [0.15, 0.2) is 0 Å². The van der Waals surface area contributed by atoms with Crippen molar-refractivity contribution < 1.29 is 4.42 Å². The van der Waals surface area contributed by atoms with Gasteiger partial charge in [0.2, 0.25) is 5.89 Å². The first-order chi connectivity index (χ1) is 8.72. The van der Waals surface area contributed by atoms with Crippen LogP contribution in [0, 0.1) is 19.8 Å². The molecule has 1 aliphatic rings. The molecule has 0 aliphatic heterocycles. The smallest absolute Gasteiger partial charge is 0.208 e. The van der Waals surface area contributed by atoms with Crippen LogP contribution in [0.5, 0.6) is 0 Å². The van der Waals surface area contributed by atoms with Gasteiger partial charge < -0.3 is 4.42 Å². The lowest BCUT2D eigenvalue weighted by molar-refractivity contribution is 0.406. The van der Waals surface area contributed by atoms with Crippen molar-refractivity contribution in [3.8, 4) is 0 Å². The molecule has 2 aromatic rings. The molecule has 0 spiro atoms. The molecule has 0 saturated heterocycles. The summed E-state index contributed by atoms with van der Waals surface area (Å²) in [5.74, 6) is 2.35. The van der Waals surface area contributed by atoms with E-state index < -0.39 is 0 Å². The van der Waals surface area contributed by atoms with Crippen LogP contribution in [0.15, 0.2) is 16.0 Å². The highest BCUT2D eigenvalue weighted by Crippen LogP contribution is 2.41. The Bertz CT molecular complexity index is 530. The van der Waals surface area contributed by atoms with E-state index in [9.17, 15) is 0 Å². The van der Waals surface area contributed by atoms with Gasteiger partial charge in [-0.1, -0.05) is 0 Å². The fraction of sp³-hybridized carbons (Fsp3) is 0.538. The van der Waals surface area contributed by atoms with Crippen LogP contribution in [0.3, 0.4) is 0 Å². The summed E-state index contributed by atoms with van der Waals surface area (Å²) in [6, 6.07) is 0.357. The minimum absolute atomic E-state index is 0.357. The largest absolute Gasteiger partial charge is 0.445 e. The van der Waals surface area contributed by atoms with E-state index >= 15 is 0 Å². The Balaban J connectivity index is 1.67. The highest BCUT2D eigenvalue weighted by atomic mass is 32.1. The number of hydrogen-bond acceptors (Lipinski definition) is 5. The second-order valence-electron chi connectivity index (χ2n) is 4.89. The van der Waals surface area contributed by atoms with E-state index in [4.69, 9.17) is 4.42 Å². The number of rotatable bonds is 5. The topological polar surface area (TPSA) is 51.0 Å². The van der Waals surface area contributed by atoms with E-state index in [-0.39, 0.29) is 0 Å². The van der Waals surface area contributed by atoms with Gasteiger partial charge >= 0.3 is 0 Å². The van der Waals surface area contributed by atoms with Gasteiger partial charge in [-0.2, -0.15) is 0 Å². The zero-order valence-corrected chi connectivity index (χ0v) is 11.5. The summed E-state index contributed by atoms with van der Waals surface area (Å²) in [5, 5.41) is 6.84.